The summed E-state index contributed by atoms with van der Waals surface area (Å²) in [5, 5.41) is 9.86. The van der Waals surface area contributed by atoms with E-state index in [0.717, 1.165) is 5.69 Å². The Labute approximate surface area is 121 Å². The first-order valence-corrected chi connectivity index (χ1v) is 6.74. The Hall–Kier alpha value is -1.75. The second-order valence-corrected chi connectivity index (χ2v) is 5.80. The van der Waals surface area contributed by atoms with Crippen molar-refractivity contribution in [3.05, 3.63) is 23.8 Å². The van der Waals surface area contributed by atoms with Gasteiger partial charge in [0.25, 0.3) is 5.91 Å². The number of hydrogen-bond acceptors (Lipinski definition) is 4. The highest BCUT2D eigenvalue weighted by Gasteiger charge is 2.22. The minimum absolute atomic E-state index is 0.119. The van der Waals surface area contributed by atoms with Gasteiger partial charge in [0, 0.05) is 32.7 Å². The van der Waals surface area contributed by atoms with E-state index >= 15 is 0 Å². The highest BCUT2D eigenvalue weighted by molar-refractivity contribution is 5.96. The van der Waals surface area contributed by atoms with Crippen molar-refractivity contribution < 1.29 is 9.90 Å². The number of rotatable bonds is 5. The molecule has 5 heteroatoms. The van der Waals surface area contributed by atoms with Gasteiger partial charge < -0.3 is 20.6 Å². The van der Waals surface area contributed by atoms with Crippen molar-refractivity contribution in [1.29, 1.82) is 0 Å². The summed E-state index contributed by atoms with van der Waals surface area (Å²) in [6, 6.07) is 5.28. The maximum absolute atomic E-state index is 12.4. The summed E-state index contributed by atoms with van der Waals surface area (Å²) in [4.78, 5) is 15.9. The van der Waals surface area contributed by atoms with E-state index in [9.17, 15) is 9.90 Å². The first kappa shape index (κ1) is 16.3. The number of nitrogen functional groups attached to an aromatic ring is 1. The van der Waals surface area contributed by atoms with E-state index < -0.39 is 5.60 Å². The molecule has 0 heterocycles. The number of nitrogens with zero attached hydrogens (tertiary/aromatic N) is 2. The van der Waals surface area contributed by atoms with E-state index in [0.29, 0.717) is 17.8 Å². The Bertz CT molecular complexity index is 478. The molecule has 5 nitrogen and oxygen atoms in total. The van der Waals surface area contributed by atoms with Crippen LogP contribution in [0.4, 0.5) is 11.4 Å². The third-order valence-corrected chi connectivity index (χ3v) is 3.00. The van der Waals surface area contributed by atoms with Crippen LogP contribution in [0.5, 0.6) is 0 Å². The van der Waals surface area contributed by atoms with Crippen LogP contribution in [0.15, 0.2) is 18.2 Å². The smallest absolute Gasteiger partial charge is 0.254 e. The maximum Gasteiger partial charge on any atom is 0.254 e. The van der Waals surface area contributed by atoms with Crippen molar-refractivity contribution in [2.75, 3.05) is 37.8 Å². The van der Waals surface area contributed by atoms with Crippen molar-refractivity contribution in [3.63, 3.8) is 0 Å². The van der Waals surface area contributed by atoms with E-state index in [1.165, 1.54) is 0 Å². The number of hydrogen-bond donors (Lipinski definition) is 2. The zero-order chi connectivity index (χ0) is 15.5. The fraction of sp³-hybridized carbons (Fsp3) is 0.533. The molecule has 20 heavy (non-hydrogen) atoms. The number of carbonyl (C=O) groups excluding carboxylic acids is 1. The normalized spacial score (nSPS) is 11.3. The monoisotopic (exact) mass is 279 g/mol. The minimum atomic E-state index is -0.916. The van der Waals surface area contributed by atoms with E-state index in [1.54, 1.807) is 30.9 Å². The molecule has 1 aromatic carbocycles. The Morgan fingerprint density at radius 1 is 1.35 bits per heavy atom. The fourth-order valence-corrected chi connectivity index (χ4v) is 2.07. The summed E-state index contributed by atoms with van der Waals surface area (Å²) >= 11 is 0. The SMILES string of the molecule is CCN(CC(C)(C)O)C(=O)c1ccc(N(C)C)c(N)c1. The Morgan fingerprint density at radius 3 is 2.35 bits per heavy atom. The van der Waals surface area contributed by atoms with Crippen LogP contribution < -0.4 is 10.6 Å². The Balaban J connectivity index is 2.99. The molecule has 0 saturated heterocycles. The third-order valence-electron chi connectivity index (χ3n) is 3.00. The molecule has 0 aromatic heterocycles. The van der Waals surface area contributed by atoms with Crippen LogP contribution in [0.25, 0.3) is 0 Å². The first-order valence-electron chi connectivity index (χ1n) is 6.74. The second-order valence-electron chi connectivity index (χ2n) is 5.80. The summed E-state index contributed by atoms with van der Waals surface area (Å²) in [6.07, 6.45) is 0. The number of anilines is 2. The lowest BCUT2D eigenvalue weighted by atomic mass is 10.1. The van der Waals surface area contributed by atoms with E-state index in [1.807, 2.05) is 32.0 Å². The molecule has 0 fully saturated rings. The highest BCUT2D eigenvalue weighted by Crippen LogP contribution is 2.23. The molecule has 0 saturated carbocycles. The van der Waals surface area contributed by atoms with Crippen LogP contribution in [-0.2, 0) is 0 Å². The summed E-state index contributed by atoms with van der Waals surface area (Å²) in [5.41, 5.74) is 7.04. The van der Waals surface area contributed by atoms with Gasteiger partial charge in [-0.3, -0.25) is 4.79 Å². The number of carbonyl (C=O) groups is 1. The van der Waals surface area contributed by atoms with Crippen molar-refractivity contribution in [2.45, 2.75) is 26.4 Å². The van der Waals surface area contributed by atoms with Gasteiger partial charge >= 0.3 is 0 Å². The molecule has 0 atom stereocenters. The van der Waals surface area contributed by atoms with E-state index in [4.69, 9.17) is 5.73 Å². The van der Waals surface area contributed by atoms with Gasteiger partial charge in [0.15, 0.2) is 0 Å². The third kappa shape index (κ3) is 4.13. The van der Waals surface area contributed by atoms with Crippen molar-refractivity contribution in [3.8, 4) is 0 Å². The lowest BCUT2D eigenvalue weighted by Crippen LogP contribution is -2.42. The van der Waals surface area contributed by atoms with Crippen molar-refractivity contribution in [1.82, 2.24) is 4.90 Å². The molecular formula is C15H25N3O2. The molecule has 0 aliphatic carbocycles. The fourth-order valence-electron chi connectivity index (χ4n) is 2.07. The van der Waals surface area contributed by atoms with Gasteiger partial charge in [-0.15, -0.1) is 0 Å². The average molecular weight is 279 g/mol. The van der Waals surface area contributed by atoms with Gasteiger partial charge in [0.05, 0.1) is 17.0 Å². The zero-order valence-corrected chi connectivity index (χ0v) is 13.0. The predicted molar refractivity (Wildman–Crippen MR) is 83.1 cm³/mol. The standard InChI is InChI=1S/C15H25N3O2/c1-6-18(10-15(2,3)20)14(19)11-7-8-13(17(4)5)12(16)9-11/h7-9,20H,6,10,16H2,1-5H3. The molecule has 0 aliphatic heterocycles. The lowest BCUT2D eigenvalue weighted by Gasteiger charge is -2.28. The summed E-state index contributed by atoms with van der Waals surface area (Å²) < 4.78 is 0. The number of benzene rings is 1. The summed E-state index contributed by atoms with van der Waals surface area (Å²) in [7, 11) is 3.81. The van der Waals surface area contributed by atoms with Gasteiger partial charge in [-0.25, -0.2) is 0 Å². The van der Waals surface area contributed by atoms with Crippen LogP contribution in [-0.4, -0.2) is 48.7 Å². The topological polar surface area (TPSA) is 69.8 Å². The van der Waals surface area contributed by atoms with E-state index in [-0.39, 0.29) is 12.5 Å². The summed E-state index contributed by atoms with van der Waals surface area (Å²) in [5.74, 6) is -0.119. The highest BCUT2D eigenvalue weighted by atomic mass is 16.3. The molecule has 3 N–H and O–H groups in total. The molecule has 112 valence electrons. The molecule has 0 spiro atoms. The molecular weight excluding hydrogens is 254 g/mol. The van der Waals surface area contributed by atoms with Crippen molar-refractivity contribution >= 4 is 17.3 Å². The first-order chi connectivity index (χ1) is 9.15. The molecule has 1 rings (SSSR count). The van der Waals surface area contributed by atoms with Crippen molar-refractivity contribution in [2.24, 2.45) is 0 Å². The number of aliphatic hydroxyl groups is 1. The van der Waals surface area contributed by atoms with Gasteiger partial charge in [-0.05, 0) is 39.0 Å². The Morgan fingerprint density at radius 2 is 1.95 bits per heavy atom. The quantitative estimate of drug-likeness (QED) is 0.803. The van der Waals surface area contributed by atoms with Crippen LogP contribution in [0, 0.1) is 0 Å². The Kier molecular flexibility index (Phi) is 5.00. The predicted octanol–water partition coefficient (Wildman–Crippen LogP) is 1.57. The maximum atomic E-state index is 12.4. The van der Waals surface area contributed by atoms with Gasteiger partial charge in [-0.2, -0.15) is 0 Å². The molecule has 1 aromatic rings. The average Bonchev–Trinajstić information content (AvgIpc) is 2.33. The lowest BCUT2D eigenvalue weighted by molar-refractivity contribution is 0.0315. The second kappa shape index (κ2) is 6.13. The van der Waals surface area contributed by atoms with Crippen LogP contribution in [0.1, 0.15) is 31.1 Å². The summed E-state index contributed by atoms with van der Waals surface area (Å²) in [6.45, 7) is 6.09. The molecule has 0 unspecified atom stereocenters. The number of likely N-dealkylation sites (N-methyl/N-ethyl adjacent to an activating group) is 1. The zero-order valence-electron chi connectivity index (χ0n) is 13.0. The largest absolute Gasteiger partial charge is 0.397 e. The van der Waals surface area contributed by atoms with Gasteiger partial charge in [0.1, 0.15) is 0 Å². The van der Waals surface area contributed by atoms with E-state index in [2.05, 4.69) is 0 Å². The number of nitrogens with two attached hydrogens (primary N) is 1. The number of amides is 1. The van der Waals surface area contributed by atoms with Crippen LogP contribution >= 0.6 is 0 Å². The van der Waals surface area contributed by atoms with Crippen LogP contribution in [0.2, 0.25) is 0 Å². The molecule has 0 radical (unpaired) electrons. The minimum Gasteiger partial charge on any atom is -0.397 e. The molecule has 0 aliphatic rings. The van der Waals surface area contributed by atoms with Gasteiger partial charge in [0.2, 0.25) is 0 Å². The van der Waals surface area contributed by atoms with Crippen LogP contribution in [0.3, 0.4) is 0 Å². The van der Waals surface area contributed by atoms with Gasteiger partial charge in [-0.1, -0.05) is 0 Å². The molecule has 0 bridgehead atoms. The molecule has 1 amide bonds.